The number of amides is 1. The Balaban J connectivity index is 1.68. The van der Waals surface area contributed by atoms with Crippen molar-refractivity contribution in [1.29, 1.82) is 0 Å². The van der Waals surface area contributed by atoms with Crippen molar-refractivity contribution in [1.82, 2.24) is 4.98 Å². The van der Waals surface area contributed by atoms with E-state index in [1.165, 1.54) is 23.5 Å². The highest BCUT2D eigenvalue weighted by atomic mass is 32.2. The number of hydrogen-bond acceptors (Lipinski definition) is 6. The number of alkyl halides is 2. The van der Waals surface area contributed by atoms with Crippen LogP contribution < -0.4 is 5.32 Å². The molecule has 0 atom stereocenters. The normalized spacial score (nSPS) is 11.7. The van der Waals surface area contributed by atoms with E-state index in [1.54, 1.807) is 6.92 Å². The van der Waals surface area contributed by atoms with Crippen molar-refractivity contribution >= 4 is 32.8 Å². The largest absolute Gasteiger partial charge is 0.440 e. The highest BCUT2D eigenvalue weighted by Crippen LogP contribution is 2.26. The Kier molecular flexibility index (Phi) is 5.38. The van der Waals surface area contributed by atoms with Crippen LogP contribution in [0, 0.1) is 6.92 Å². The molecule has 1 amide bonds. The van der Waals surface area contributed by atoms with E-state index in [0.717, 1.165) is 17.0 Å². The van der Waals surface area contributed by atoms with Crippen molar-refractivity contribution in [2.75, 3.05) is 5.32 Å². The van der Waals surface area contributed by atoms with E-state index < -0.39 is 26.4 Å². The summed E-state index contributed by atoms with van der Waals surface area (Å²) in [4.78, 5) is 16.8. The molecule has 0 saturated carbocycles. The second-order valence-corrected chi connectivity index (χ2v) is 8.42. The standard InChI is InChI=1S/C17H14F2N2O4S2/c1-10-13(21-16(25-10)14-3-2-8-26-14)9-15(22)20-11-4-6-12(7-5-11)27(23,24)17(18)19/h2-8,17H,9H2,1H3,(H,20,22). The van der Waals surface area contributed by atoms with Crippen LogP contribution in [0.2, 0.25) is 0 Å². The molecule has 27 heavy (non-hydrogen) atoms. The number of anilines is 1. The molecule has 0 spiro atoms. The molecule has 0 radical (unpaired) electrons. The molecular weight excluding hydrogens is 398 g/mol. The van der Waals surface area contributed by atoms with Gasteiger partial charge in [0.15, 0.2) is 0 Å². The molecule has 142 valence electrons. The van der Waals surface area contributed by atoms with Gasteiger partial charge in [-0.2, -0.15) is 8.78 Å². The second-order valence-electron chi connectivity index (χ2n) is 5.55. The van der Waals surface area contributed by atoms with E-state index in [1.807, 2.05) is 17.5 Å². The summed E-state index contributed by atoms with van der Waals surface area (Å²) in [5, 5.41) is 4.46. The first-order valence-electron chi connectivity index (χ1n) is 7.69. The quantitative estimate of drug-likeness (QED) is 0.664. The first-order chi connectivity index (χ1) is 12.8. The van der Waals surface area contributed by atoms with Crippen LogP contribution in [0.1, 0.15) is 11.5 Å². The summed E-state index contributed by atoms with van der Waals surface area (Å²) in [7, 11) is -4.66. The maximum Gasteiger partial charge on any atom is 0.341 e. The lowest BCUT2D eigenvalue weighted by atomic mass is 10.2. The Morgan fingerprint density at radius 3 is 2.56 bits per heavy atom. The second kappa shape index (κ2) is 7.57. The summed E-state index contributed by atoms with van der Waals surface area (Å²) in [5.41, 5.74) is 0.764. The van der Waals surface area contributed by atoms with E-state index in [4.69, 9.17) is 4.42 Å². The Hall–Kier alpha value is -2.59. The number of aromatic nitrogens is 1. The summed E-state index contributed by atoms with van der Waals surface area (Å²) in [5.74, 6) is -2.93. The van der Waals surface area contributed by atoms with Gasteiger partial charge in [0, 0.05) is 5.69 Å². The predicted molar refractivity (Wildman–Crippen MR) is 96.5 cm³/mol. The van der Waals surface area contributed by atoms with Crippen molar-refractivity contribution in [2.45, 2.75) is 24.0 Å². The molecule has 1 aromatic carbocycles. The SMILES string of the molecule is Cc1oc(-c2cccs2)nc1CC(=O)Nc1ccc(S(=O)(=O)C(F)F)cc1. The molecule has 0 unspecified atom stereocenters. The van der Waals surface area contributed by atoms with E-state index in [0.29, 0.717) is 17.3 Å². The van der Waals surface area contributed by atoms with E-state index in [9.17, 15) is 22.0 Å². The summed E-state index contributed by atoms with van der Waals surface area (Å²) in [6.07, 6.45) is -0.0439. The minimum atomic E-state index is -4.66. The number of thiophene rings is 1. The number of nitrogens with one attached hydrogen (secondary N) is 1. The number of carbonyl (C=O) groups is 1. The van der Waals surface area contributed by atoms with Crippen LogP contribution in [0.3, 0.4) is 0 Å². The van der Waals surface area contributed by atoms with Crippen LogP contribution in [-0.2, 0) is 21.1 Å². The molecule has 3 rings (SSSR count). The van der Waals surface area contributed by atoms with Crippen LogP contribution in [0.25, 0.3) is 10.8 Å². The van der Waals surface area contributed by atoms with Gasteiger partial charge >= 0.3 is 5.76 Å². The van der Waals surface area contributed by atoms with Gasteiger partial charge in [-0.25, -0.2) is 13.4 Å². The van der Waals surface area contributed by atoms with Crippen LogP contribution >= 0.6 is 11.3 Å². The molecule has 0 aliphatic heterocycles. The van der Waals surface area contributed by atoms with Gasteiger partial charge in [0.25, 0.3) is 0 Å². The van der Waals surface area contributed by atoms with Gasteiger partial charge in [-0.15, -0.1) is 11.3 Å². The fraction of sp³-hybridized carbons (Fsp3) is 0.176. The van der Waals surface area contributed by atoms with Crippen LogP contribution in [-0.4, -0.2) is 25.1 Å². The fourth-order valence-electron chi connectivity index (χ4n) is 2.29. The molecule has 10 heteroatoms. The number of benzene rings is 1. The van der Waals surface area contributed by atoms with Crippen LogP contribution in [0.5, 0.6) is 0 Å². The minimum absolute atomic E-state index is 0.0439. The third kappa shape index (κ3) is 4.22. The third-order valence-corrected chi connectivity index (χ3v) is 5.91. The molecule has 0 fully saturated rings. The number of carbonyl (C=O) groups excluding carboxylic acids is 1. The van der Waals surface area contributed by atoms with Gasteiger partial charge in [0.2, 0.25) is 21.6 Å². The number of aryl methyl sites for hydroxylation is 1. The summed E-state index contributed by atoms with van der Waals surface area (Å²) in [6.45, 7) is 1.71. The fourth-order valence-corrected chi connectivity index (χ4v) is 3.66. The van der Waals surface area contributed by atoms with Crippen LogP contribution in [0.15, 0.2) is 51.1 Å². The average Bonchev–Trinajstić information content (AvgIpc) is 3.25. The van der Waals surface area contributed by atoms with E-state index in [2.05, 4.69) is 10.3 Å². The van der Waals surface area contributed by atoms with Gasteiger partial charge in [-0.05, 0) is 42.6 Å². The van der Waals surface area contributed by atoms with Gasteiger partial charge in [0.05, 0.1) is 21.9 Å². The zero-order chi connectivity index (χ0) is 19.6. The summed E-state index contributed by atoms with van der Waals surface area (Å²) >= 11 is 1.47. The molecule has 3 aromatic rings. The lowest BCUT2D eigenvalue weighted by molar-refractivity contribution is -0.115. The predicted octanol–water partition coefficient (Wildman–Crippen LogP) is 3.89. The van der Waals surface area contributed by atoms with Gasteiger partial charge in [-0.3, -0.25) is 4.79 Å². The molecule has 0 bridgehead atoms. The number of sulfone groups is 1. The molecule has 0 aliphatic rings. The molecule has 2 aromatic heterocycles. The van der Waals surface area contributed by atoms with E-state index in [-0.39, 0.29) is 12.1 Å². The van der Waals surface area contributed by atoms with E-state index >= 15 is 0 Å². The van der Waals surface area contributed by atoms with Crippen molar-refractivity contribution in [3.05, 3.63) is 53.2 Å². The van der Waals surface area contributed by atoms with Gasteiger partial charge in [0.1, 0.15) is 5.76 Å². The molecule has 0 aliphatic carbocycles. The third-order valence-electron chi connectivity index (χ3n) is 3.65. The Bertz CT molecular complexity index is 1040. The maximum atomic E-state index is 12.5. The first-order valence-corrected chi connectivity index (χ1v) is 10.1. The van der Waals surface area contributed by atoms with Gasteiger partial charge < -0.3 is 9.73 Å². The highest BCUT2D eigenvalue weighted by molar-refractivity contribution is 7.91. The van der Waals surface area contributed by atoms with Crippen molar-refractivity contribution in [3.8, 4) is 10.8 Å². The summed E-state index contributed by atoms with van der Waals surface area (Å²) < 4.78 is 53.4. The van der Waals surface area contributed by atoms with Gasteiger partial charge in [-0.1, -0.05) is 6.07 Å². The average molecular weight is 412 g/mol. The molecule has 6 nitrogen and oxygen atoms in total. The number of nitrogens with zero attached hydrogens (tertiary/aromatic N) is 1. The number of hydrogen-bond donors (Lipinski definition) is 1. The lowest BCUT2D eigenvalue weighted by Gasteiger charge is -2.06. The zero-order valence-electron chi connectivity index (χ0n) is 14.0. The Morgan fingerprint density at radius 1 is 1.26 bits per heavy atom. The Labute approximate surface area is 157 Å². The summed E-state index contributed by atoms with van der Waals surface area (Å²) in [6, 6.07) is 8.26. The smallest absolute Gasteiger partial charge is 0.341 e. The first kappa shape index (κ1) is 19.2. The zero-order valence-corrected chi connectivity index (χ0v) is 15.6. The number of oxazole rings is 1. The molecule has 1 N–H and O–H groups in total. The molecule has 2 heterocycles. The van der Waals surface area contributed by atoms with Crippen LogP contribution in [0.4, 0.5) is 14.5 Å². The lowest BCUT2D eigenvalue weighted by Crippen LogP contribution is -2.15. The topological polar surface area (TPSA) is 89.3 Å². The maximum absolute atomic E-state index is 12.5. The van der Waals surface area contributed by atoms with Crippen molar-refractivity contribution < 1.29 is 26.4 Å². The molecular formula is C17H14F2N2O4S2. The van der Waals surface area contributed by atoms with Crippen molar-refractivity contribution in [3.63, 3.8) is 0 Å². The molecule has 0 saturated heterocycles. The Morgan fingerprint density at radius 2 is 1.96 bits per heavy atom. The number of rotatable bonds is 6. The highest BCUT2D eigenvalue weighted by Gasteiger charge is 2.26. The monoisotopic (exact) mass is 412 g/mol. The number of halogens is 2. The minimum Gasteiger partial charge on any atom is -0.440 e. The van der Waals surface area contributed by atoms with Crippen molar-refractivity contribution in [2.24, 2.45) is 0 Å².